The van der Waals surface area contributed by atoms with Gasteiger partial charge in [0.1, 0.15) is 5.01 Å². The molecule has 0 saturated carbocycles. The largest absolute Gasteiger partial charge is 0.426 e. The molecule has 0 aromatic carbocycles. The van der Waals surface area contributed by atoms with Crippen molar-refractivity contribution in [2.45, 2.75) is 46.3 Å². The van der Waals surface area contributed by atoms with E-state index in [0.29, 0.717) is 23.5 Å². The van der Waals surface area contributed by atoms with Gasteiger partial charge in [-0.1, -0.05) is 37.2 Å². The van der Waals surface area contributed by atoms with Gasteiger partial charge in [-0.3, -0.25) is 4.68 Å². The number of nitrogens with one attached hydrogen (secondary N) is 1. The Hall–Kier alpha value is -1.47. The molecule has 6 nitrogen and oxygen atoms in total. The lowest BCUT2D eigenvalue weighted by Crippen LogP contribution is -2.21. The van der Waals surface area contributed by atoms with Crippen LogP contribution >= 0.6 is 11.3 Å². The van der Waals surface area contributed by atoms with Gasteiger partial charge in [0, 0.05) is 12.6 Å². The molecule has 0 unspecified atom stereocenters. The molecule has 0 bridgehead atoms. The highest BCUT2D eigenvalue weighted by molar-refractivity contribution is 7.13. The van der Waals surface area contributed by atoms with Crippen LogP contribution in [0.3, 0.4) is 0 Å². The Bertz CT molecular complexity index is 508. The average Bonchev–Trinajstić information content (AvgIpc) is 2.98. The lowest BCUT2D eigenvalue weighted by Gasteiger charge is -2.03. The van der Waals surface area contributed by atoms with E-state index in [-0.39, 0.29) is 0 Å². The van der Waals surface area contributed by atoms with Gasteiger partial charge in [-0.2, -0.15) is 5.10 Å². The Morgan fingerprint density at radius 1 is 1.42 bits per heavy atom. The zero-order chi connectivity index (χ0) is 13.7. The van der Waals surface area contributed by atoms with Gasteiger partial charge in [-0.05, 0) is 6.42 Å². The highest BCUT2D eigenvalue weighted by Crippen LogP contribution is 2.24. The summed E-state index contributed by atoms with van der Waals surface area (Å²) in [5.74, 6) is 0.702. The van der Waals surface area contributed by atoms with Crippen LogP contribution in [0, 0.1) is 0 Å². The van der Waals surface area contributed by atoms with Gasteiger partial charge < -0.3 is 10.1 Å². The monoisotopic (exact) mass is 281 g/mol. The molecule has 0 aliphatic rings. The highest BCUT2D eigenvalue weighted by Gasteiger charge is 2.08. The van der Waals surface area contributed by atoms with Gasteiger partial charge in [-0.25, -0.2) is 0 Å². The zero-order valence-electron chi connectivity index (χ0n) is 11.5. The quantitative estimate of drug-likeness (QED) is 0.844. The van der Waals surface area contributed by atoms with Crippen molar-refractivity contribution in [2.75, 3.05) is 0 Å². The van der Waals surface area contributed by atoms with Crippen molar-refractivity contribution in [1.82, 2.24) is 25.3 Å². The summed E-state index contributed by atoms with van der Waals surface area (Å²) in [6, 6.07) is 0.431. The minimum absolute atomic E-state index is 0.431. The lowest BCUT2D eigenvalue weighted by atomic mass is 10.4. The molecule has 0 aliphatic heterocycles. The fourth-order valence-electron chi connectivity index (χ4n) is 1.49. The van der Waals surface area contributed by atoms with E-state index < -0.39 is 0 Å². The molecule has 104 valence electrons. The molecule has 1 N–H and O–H groups in total. The van der Waals surface area contributed by atoms with Crippen molar-refractivity contribution in [3.8, 4) is 10.9 Å². The minimum Gasteiger partial charge on any atom is -0.426 e. The van der Waals surface area contributed by atoms with Crippen molar-refractivity contribution in [2.24, 2.45) is 0 Å². The molecular formula is C12H19N5OS. The first-order valence-corrected chi connectivity index (χ1v) is 7.25. The van der Waals surface area contributed by atoms with Gasteiger partial charge in [0.05, 0.1) is 18.9 Å². The van der Waals surface area contributed by atoms with Crippen LogP contribution in [0.15, 0.2) is 12.4 Å². The Morgan fingerprint density at radius 3 is 3.00 bits per heavy atom. The molecule has 2 heterocycles. The number of ether oxygens (including phenoxy) is 1. The first-order valence-electron chi connectivity index (χ1n) is 6.43. The van der Waals surface area contributed by atoms with Crippen molar-refractivity contribution in [1.29, 1.82) is 0 Å². The van der Waals surface area contributed by atoms with E-state index in [1.807, 2.05) is 10.9 Å². The van der Waals surface area contributed by atoms with Gasteiger partial charge in [0.25, 0.3) is 5.19 Å². The molecule has 2 aromatic rings. The summed E-state index contributed by atoms with van der Waals surface area (Å²) in [5.41, 5.74) is 0. The Balaban J connectivity index is 1.91. The molecule has 0 spiro atoms. The van der Waals surface area contributed by atoms with Crippen LogP contribution in [-0.4, -0.2) is 26.0 Å². The predicted molar refractivity (Wildman–Crippen MR) is 74.5 cm³/mol. The third-order valence-corrected chi connectivity index (χ3v) is 3.18. The molecule has 2 rings (SSSR count). The third kappa shape index (κ3) is 4.29. The normalized spacial score (nSPS) is 11.2. The average molecular weight is 281 g/mol. The van der Waals surface area contributed by atoms with Crippen molar-refractivity contribution < 1.29 is 4.74 Å². The second kappa shape index (κ2) is 6.63. The maximum atomic E-state index is 5.63. The second-order valence-corrected chi connectivity index (χ2v) is 5.56. The van der Waals surface area contributed by atoms with Gasteiger partial charge in [-0.15, -0.1) is 5.10 Å². The maximum Gasteiger partial charge on any atom is 0.299 e. The van der Waals surface area contributed by atoms with Crippen LogP contribution in [0.25, 0.3) is 0 Å². The molecule has 0 saturated heterocycles. The molecule has 0 fully saturated rings. The van der Waals surface area contributed by atoms with Gasteiger partial charge in [0.2, 0.25) is 0 Å². The summed E-state index contributed by atoms with van der Waals surface area (Å²) < 4.78 is 7.49. The lowest BCUT2D eigenvalue weighted by molar-refractivity contribution is 0.471. The standard InChI is InChI=1S/C12H19N5OS/c1-4-5-17-8-10(6-14-17)18-12-16-15-11(19-12)7-13-9(2)3/h6,8-9,13H,4-5,7H2,1-3H3. The molecule has 0 radical (unpaired) electrons. The van der Waals surface area contributed by atoms with Gasteiger partial charge >= 0.3 is 0 Å². The van der Waals surface area contributed by atoms with E-state index in [1.165, 1.54) is 11.3 Å². The number of hydrogen-bond donors (Lipinski definition) is 1. The van der Waals surface area contributed by atoms with E-state index >= 15 is 0 Å². The summed E-state index contributed by atoms with van der Waals surface area (Å²) in [7, 11) is 0. The topological polar surface area (TPSA) is 64.9 Å². The summed E-state index contributed by atoms with van der Waals surface area (Å²) in [5, 5.41) is 17.1. The maximum absolute atomic E-state index is 5.63. The predicted octanol–water partition coefficient (Wildman–Crippen LogP) is 2.43. The van der Waals surface area contributed by atoms with Crippen LogP contribution < -0.4 is 10.1 Å². The van der Waals surface area contributed by atoms with Crippen molar-refractivity contribution in [3.63, 3.8) is 0 Å². The smallest absolute Gasteiger partial charge is 0.299 e. The number of hydrogen-bond acceptors (Lipinski definition) is 6. The molecule has 0 atom stereocenters. The summed E-state index contributed by atoms with van der Waals surface area (Å²) >= 11 is 1.45. The first kappa shape index (κ1) is 14.0. The van der Waals surface area contributed by atoms with Crippen LogP contribution in [0.4, 0.5) is 0 Å². The number of aryl methyl sites for hydroxylation is 1. The SMILES string of the molecule is CCCn1cc(Oc2nnc(CNC(C)C)s2)cn1. The molecule has 2 aromatic heterocycles. The molecule has 19 heavy (non-hydrogen) atoms. The highest BCUT2D eigenvalue weighted by atomic mass is 32.1. The molecule has 7 heteroatoms. The summed E-state index contributed by atoms with van der Waals surface area (Å²) in [6.45, 7) is 7.92. The third-order valence-electron chi connectivity index (χ3n) is 2.38. The van der Waals surface area contributed by atoms with Crippen LogP contribution in [0.1, 0.15) is 32.2 Å². The molecule has 0 aliphatic carbocycles. The molecular weight excluding hydrogens is 262 g/mol. The Kier molecular flexibility index (Phi) is 4.86. The molecule has 0 amide bonds. The number of rotatable bonds is 7. The van der Waals surface area contributed by atoms with E-state index in [0.717, 1.165) is 18.0 Å². The van der Waals surface area contributed by atoms with E-state index in [4.69, 9.17) is 4.74 Å². The fraction of sp³-hybridized carbons (Fsp3) is 0.583. The number of aromatic nitrogens is 4. The first-order chi connectivity index (χ1) is 9.17. The second-order valence-electron chi connectivity index (χ2n) is 4.54. The van der Waals surface area contributed by atoms with E-state index in [1.54, 1.807) is 6.20 Å². The number of nitrogens with zero attached hydrogens (tertiary/aromatic N) is 4. The van der Waals surface area contributed by atoms with E-state index in [2.05, 4.69) is 41.4 Å². The fourth-order valence-corrected chi connectivity index (χ4v) is 2.15. The van der Waals surface area contributed by atoms with Crippen LogP contribution in [0.5, 0.6) is 10.9 Å². The van der Waals surface area contributed by atoms with E-state index in [9.17, 15) is 0 Å². The van der Waals surface area contributed by atoms with Crippen LogP contribution in [-0.2, 0) is 13.1 Å². The summed E-state index contributed by atoms with van der Waals surface area (Å²) in [4.78, 5) is 0. The van der Waals surface area contributed by atoms with Crippen molar-refractivity contribution >= 4 is 11.3 Å². The Morgan fingerprint density at radius 2 is 2.26 bits per heavy atom. The summed E-state index contributed by atoms with van der Waals surface area (Å²) in [6.07, 6.45) is 4.62. The zero-order valence-corrected chi connectivity index (χ0v) is 12.3. The Labute approximate surface area is 116 Å². The minimum atomic E-state index is 0.431. The van der Waals surface area contributed by atoms with Gasteiger partial charge in [0.15, 0.2) is 5.75 Å². The van der Waals surface area contributed by atoms with Crippen LogP contribution in [0.2, 0.25) is 0 Å². The van der Waals surface area contributed by atoms with Crippen molar-refractivity contribution in [3.05, 3.63) is 17.4 Å².